The normalized spacial score (nSPS) is 17.7. The van der Waals surface area contributed by atoms with Crippen molar-refractivity contribution in [1.29, 1.82) is 0 Å². The van der Waals surface area contributed by atoms with Crippen LogP contribution in [0.5, 0.6) is 0 Å². The smallest absolute Gasteiger partial charge is 0.251 e. The molecule has 0 spiro atoms. The van der Waals surface area contributed by atoms with Gasteiger partial charge in [-0.05, 0) is 67.8 Å². The number of carbonyl (C=O) groups excluding carboxylic acids is 2. The fourth-order valence-corrected chi connectivity index (χ4v) is 4.49. The van der Waals surface area contributed by atoms with Crippen LogP contribution in [0.3, 0.4) is 0 Å². The Hall–Kier alpha value is -3.40. The van der Waals surface area contributed by atoms with Crippen molar-refractivity contribution in [2.24, 2.45) is 0 Å². The summed E-state index contributed by atoms with van der Waals surface area (Å²) in [7, 11) is -1.63. The molecule has 3 rings (SSSR count). The predicted molar refractivity (Wildman–Crippen MR) is 145 cm³/mol. The van der Waals surface area contributed by atoms with E-state index in [0.717, 1.165) is 17.2 Å². The summed E-state index contributed by atoms with van der Waals surface area (Å²) in [6.07, 6.45) is 12.5. The van der Waals surface area contributed by atoms with Crippen LogP contribution in [0, 0.1) is 5.82 Å². The molecule has 1 aliphatic rings. The number of rotatable bonds is 10. The lowest BCUT2D eigenvalue weighted by atomic mass is 10.1. The summed E-state index contributed by atoms with van der Waals surface area (Å²) < 4.78 is 30.2. The van der Waals surface area contributed by atoms with Crippen LogP contribution in [0.2, 0.25) is 0 Å². The van der Waals surface area contributed by atoms with Gasteiger partial charge in [0, 0.05) is 41.5 Å². The van der Waals surface area contributed by atoms with Gasteiger partial charge < -0.3 is 10.2 Å². The van der Waals surface area contributed by atoms with E-state index < -0.39 is 28.8 Å². The zero-order valence-corrected chi connectivity index (χ0v) is 22.1. The van der Waals surface area contributed by atoms with Crippen LogP contribution in [0.1, 0.15) is 36.2 Å². The van der Waals surface area contributed by atoms with Gasteiger partial charge in [0.1, 0.15) is 22.8 Å². The molecule has 2 heterocycles. The quantitative estimate of drug-likeness (QED) is 0.427. The number of amides is 2. The number of hydrogen-bond donors (Lipinski definition) is 2. The van der Waals surface area contributed by atoms with Gasteiger partial charge >= 0.3 is 0 Å². The van der Waals surface area contributed by atoms with Crippen LogP contribution in [-0.2, 0) is 22.3 Å². The van der Waals surface area contributed by atoms with Gasteiger partial charge in [-0.25, -0.2) is 13.3 Å². The van der Waals surface area contributed by atoms with Gasteiger partial charge in [0.2, 0.25) is 5.91 Å². The van der Waals surface area contributed by atoms with Crippen molar-refractivity contribution in [2.75, 3.05) is 11.4 Å². The number of nitrogens with zero attached hydrogens (tertiary/aromatic N) is 2. The average Bonchev–Trinajstić information content (AvgIpc) is 3.24. The Morgan fingerprint density at radius 1 is 1.30 bits per heavy atom. The Labute approximate surface area is 223 Å². The fourth-order valence-electron chi connectivity index (χ4n) is 3.57. The Balaban J connectivity index is 1.61. The van der Waals surface area contributed by atoms with E-state index in [9.17, 15) is 18.2 Å². The Morgan fingerprint density at radius 2 is 2.11 bits per heavy atom. The van der Waals surface area contributed by atoms with Crippen LogP contribution in [-0.4, -0.2) is 33.6 Å². The van der Waals surface area contributed by atoms with Gasteiger partial charge in [0.05, 0.1) is 5.69 Å². The number of nitrogens with one attached hydrogen (secondary N) is 2. The van der Waals surface area contributed by atoms with Crippen molar-refractivity contribution >= 4 is 40.1 Å². The number of aromatic nitrogens is 1. The molecule has 2 N–H and O–H groups in total. The Morgan fingerprint density at radius 3 is 2.78 bits per heavy atom. The summed E-state index contributed by atoms with van der Waals surface area (Å²) in [4.78, 5) is 30.6. The molecule has 0 bridgehead atoms. The van der Waals surface area contributed by atoms with Gasteiger partial charge in [-0.3, -0.25) is 14.6 Å². The molecule has 2 aromatic rings. The molecule has 194 valence electrons. The molecule has 1 fully saturated rings. The molecule has 1 aromatic carbocycles. The first-order valence-electron chi connectivity index (χ1n) is 11.6. The third-order valence-corrected chi connectivity index (χ3v) is 6.42. The summed E-state index contributed by atoms with van der Waals surface area (Å²) >= 11 is 5.86. The summed E-state index contributed by atoms with van der Waals surface area (Å²) in [5.41, 5.74) is 1.81. The van der Waals surface area contributed by atoms with Gasteiger partial charge in [-0.2, -0.15) is 0 Å². The molecule has 0 saturated carbocycles. The first-order chi connectivity index (χ1) is 17.8. The minimum absolute atomic E-state index is 0.0703. The molecule has 1 aromatic heterocycles. The molecule has 10 heteroatoms. The number of anilines is 1. The number of benzene rings is 1. The van der Waals surface area contributed by atoms with Crippen molar-refractivity contribution in [3.63, 3.8) is 0 Å². The summed E-state index contributed by atoms with van der Waals surface area (Å²) in [5, 5.41) is 4.77. The highest BCUT2D eigenvalue weighted by atomic mass is 35.5. The molecule has 1 saturated heterocycles. The van der Waals surface area contributed by atoms with Gasteiger partial charge in [0.15, 0.2) is 0 Å². The van der Waals surface area contributed by atoms with Crippen LogP contribution in [0.15, 0.2) is 89.1 Å². The minimum Gasteiger partial charge on any atom is -0.348 e. The number of allylic oxidation sites excluding steroid dienone is 7. The molecule has 2 atom stereocenters. The predicted octanol–water partition coefficient (Wildman–Crippen LogP) is 4.67. The zero-order chi connectivity index (χ0) is 26.8. The maximum absolute atomic E-state index is 14.9. The monoisotopic (exact) mass is 542 g/mol. The lowest BCUT2D eigenvalue weighted by Crippen LogP contribution is -2.39. The highest BCUT2D eigenvalue weighted by Gasteiger charge is 2.34. The van der Waals surface area contributed by atoms with Gasteiger partial charge in [-0.15, -0.1) is 0 Å². The lowest BCUT2D eigenvalue weighted by Gasteiger charge is -2.18. The molecule has 0 aliphatic carbocycles. The third kappa shape index (κ3) is 8.31. The summed E-state index contributed by atoms with van der Waals surface area (Å²) in [5.74, 6) is -1.51. The van der Waals surface area contributed by atoms with Crippen LogP contribution < -0.4 is 14.9 Å². The van der Waals surface area contributed by atoms with Crippen molar-refractivity contribution in [1.82, 2.24) is 15.0 Å². The molecule has 37 heavy (non-hydrogen) atoms. The number of halogens is 2. The second kappa shape index (κ2) is 13.8. The van der Waals surface area contributed by atoms with E-state index in [1.165, 1.54) is 22.4 Å². The summed E-state index contributed by atoms with van der Waals surface area (Å²) in [6, 6.07) is 6.84. The number of hydrogen-bond acceptors (Lipinski definition) is 4. The fraction of sp³-hybridized carbons (Fsp3) is 0.222. The maximum Gasteiger partial charge on any atom is 0.251 e. The molecule has 2 unspecified atom stereocenters. The SMILES string of the molecule is C/C=C/C(/C=C/S(=O)NC1CCN(c2ccc(C(=O)NCc3cccnc3)cc2F)C1=O)=C\C=C(/C)Cl. The Kier molecular flexibility index (Phi) is 10.5. The Bertz CT molecular complexity index is 1270. The third-order valence-electron chi connectivity index (χ3n) is 5.39. The number of carbonyl (C=O) groups is 2. The average molecular weight is 543 g/mol. The largest absolute Gasteiger partial charge is 0.348 e. The van der Waals surface area contributed by atoms with E-state index in [2.05, 4.69) is 15.0 Å². The minimum atomic E-state index is -1.63. The molecule has 1 aliphatic heterocycles. The van der Waals surface area contributed by atoms with E-state index >= 15 is 0 Å². The molecule has 2 amide bonds. The van der Waals surface area contributed by atoms with Gasteiger partial charge in [0.25, 0.3) is 5.91 Å². The van der Waals surface area contributed by atoms with Crippen molar-refractivity contribution in [3.8, 4) is 0 Å². The maximum atomic E-state index is 14.9. The van der Waals surface area contributed by atoms with E-state index in [0.29, 0.717) is 11.5 Å². The van der Waals surface area contributed by atoms with Crippen molar-refractivity contribution in [2.45, 2.75) is 32.9 Å². The van der Waals surface area contributed by atoms with E-state index in [1.54, 1.807) is 43.6 Å². The highest BCUT2D eigenvalue weighted by Crippen LogP contribution is 2.26. The molecule has 0 radical (unpaired) electrons. The lowest BCUT2D eigenvalue weighted by molar-refractivity contribution is -0.118. The van der Waals surface area contributed by atoms with E-state index in [4.69, 9.17) is 11.6 Å². The topological polar surface area (TPSA) is 91.4 Å². The second-order valence-corrected chi connectivity index (χ2v) is 9.88. The molecule has 7 nitrogen and oxygen atoms in total. The number of pyridine rings is 1. The zero-order valence-electron chi connectivity index (χ0n) is 20.5. The van der Waals surface area contributed by atoms with Crippen LogP contribution in [0.25, 0.3) is 0 Å². The van der Waals surface area contributed by atoms with E-state index in [-0.39, 0.29) is 30.2 Å². The summed E-state index contributed by atoms with van der Waals surface area (Å²) in [6.45, 7) is 4.13. The first kappa shape index (κ1) is 28.2. The highest BCUT2D eigenvalue weighted by molar-refractivity contribution is 7.86. The van der Waals surface area contributed by atoms with Crippen LogP contribution >= 0.6 is 11.6 Å². The van der Waals surface area contributed by atoms with E-state index in [1.807, 2.05) is 25.1 Å². The van der Waals surface area contributed by atoms with Gasteiger partial charge in [-0.1, -0.05) is 35.9 Å². The van der Waals surface area contributed by atoms with Crippen molar-refractivity contribution in [3.05, 3.63) is 106 Å². The van der Waals surface area contributed by atoms with Crippen molar-refractivity contribution < 1.29 is 18.2 Å². The standard InChI is InChI=1S/C27H28ClFN4O3S/c1-3-5-20(8-7-19(2)28)12-15-37(36)32-24-11-14-33(27(24)35)25-10-9-22(16-23(25)29)26(34)31-18-21-6-4-13-30-17-21/h3-10,12-13,15-17,24,32H,11,14,18H2,1-2H3,(H,31,34)/b5-3+,15-12+,19-7+,20-8+. The van der Waals surface area contributed by atoms with Crippen LogP contribution in [0.4, 0.5) is 10.1 Å². The molecular weight excluding hydrogens is 515 g/mol. The first-order valence-corrected chi connectivity index (χ1v) is 13.2. The molecular formula is C27H28ClFN4O3S. The second-order valence-electron chi connectivity index (χ2n) is 8.18.